The molecule has 0 aliphatic heterocycles. The summed E-state index contributed by atoms with van der Waals surface area (Å²) in [5.41, 5.74) is 3.60. The van der Waals surface area contributed by atoms with Crippen molar-refractivity contribution in [3.05, 3.63) is 58.9 Å². The van der Waals surface area contributed by atoms with E-state index < -0.39 is 17.5 Å². The molecule has 0 bridgehead atoms. The van der Waals surface area contributed by atoms with Crippen LogP contribution in [-0.2, 0) is 0 Å². The SMILES string of the molecule is CCCC1CCC(c2ccc(-c3cc(F)c(F)c(F)c3)cc2C)C(CC)C1. The van der Waals surface area contributed by atoms with Crippen LogP contribution in [0.2, 0.25) is 0 Å². The van der Waals surface area contributed by atoms with Crippen LogP contribution in [0, 0.1) is 36.2 Å². The molecule has 1 saturated carbocycles. The lowest BCUT2D eigenvalue weighted by Crippen LogP contribution is -2.23. The Bertz CT molecular complexity index is 773. The second-order valence-corrected chi connectivity index (χ2v) is 8.07. The highest BCUT2D eigenvalue weighted by Gasteiger charge is 2.30. The fourth-order valence-corrected chi connectivity index (χ4v) is 4.89. The van der Waals surface area contributed by atoms with E-state index in [2.05, 4.69) is 26.8 Å². The van der Waals surface area contributed by atoms with Crippen LogP contribution in [0.5, 0.6) is 0 Å². The van der Waals surface area contributed by atoms with Gasteiger partial charge in [-0.15, -0.1) is 0 Å². The van der Waals surface area contributed by atoms with Crippen LogP contribution in [0.4, 0.5) is 13.2 Å². The average Bonchev–Trinajstić information content (AvgIpc) is 2.66. The second kappa shape index (κ2) is 8.50. The van der Waals surface area contributed by atoms with E-state index >= 15 is 0 Å². The maximum atomic E-state index is 13.6. The molecule has 3 unspecified atom stereocenters. The zero-order valence-corrected chi connectivity index (χ0v) is 16.5. The minimum Gasteiger partial charge on any atom is -0.204 e. The van der Waals surface area contributed by atoms with Gasteiger partial charge in [-0.25, -0.2) is 13.2 Å². The monoisotopic (exact) mass is 374 g/mol. The van der Waals surface area contributed by atoms with Crippen molar-refractivity contribution in [1.29, 1.82) is 0 Å². The first-order valence-electron chi connectivity index (χ1n) is 10.2. The standard InChI is InChI=1S/C24H29F3/c1-4-6-16-7-9-21(17(5-2)12-16)20-10-8-18(11-15(20)3)19-13-22(25)24(27)23(26)14-19/h8,10-11,13-14,16-17,21H,4-7,9,12H2,1-3H3. The Kier molecular flexibility index (Phi) is 6.29. The second-order valence-electron chi connectivity index (χ2n) is 8.07. The summed E-state index contributed by atoms with van der Waals surface area (Å²) < 4.78 is 40.4. The Balaban J connectivity index is 1.87. The van der Waals surface area contributed by atoms with Crippen molar-refractivity contribution in [2.45, 2.75) is 65.2 Å². The van der Waals surface area contributed by atoms with Crippen molar-refractivity contribution in [2.24, 2.45) is 11.8 Å². The van der Waals surface area contributed by atoms with Crippen LogP contribution in [0.1, 0.15) is 69.4 Å². The predicted molar refractivity (Wildman–Crippen MR) is 105 cm³/mol. The molecule has 0 spiro atoms. The van der Waals surface area contributed by atoms with Gasteiger partial charge < -0.3 is 0 Å². The number of hydrogen-bond acceptors (Lipinski definition) is 0. The molecule has 3 heteroatoms. The van der Waals surface area contributed by atoms with Gasteiger partial charge in [-0.1, -0.05) is 51.3 Å². The average molecular weight is 374 g/mol. The van der Waals surface area contributed by atoms with Crippen molar-refractivity contribution in [2.75, 3.05) is 0 Å². The van der Waals surface area contributed by atoms with E-state index in [1.165, 1.54) is 44.1 Å². The summed E-state index contributed by atoms with van der Waals surface area (Å²) >= 11 is 0. The molecular weight excluding hydrogens is 345 g/mol. The predicted octanol–water partition coefficient (Wildman–Crippen LogP) is 7.79. The van der Waals surface area contributed by atoms with Gasteiger partial charge in [0.05, 0.1) is 0 Å². The van der Waals surface area contributed by atoms with Gasteiger partial charge >= 0.3 is 0 Å². The summed E-state index contributed by atoms with van der Waals surface area (Å²) in [5.74, 6) is -1.61. The zero-order chi connectivity index (χ0) is 19.6. The molecule has 2 aromatic carbocycles. The van der Waals surface area contributed by atoms with Gasteiger partial charge in [-0.3, -0.25) is 0 Å². The Labute approximate surface area is 160 Å². The molecule has 0 nitrogen and oxygen atoms in total. The van der Waals surface area contributed by atoms with Gasteiger partial charge in [0, 0.05) is 0 Å². The number of halogens is 3. The number of hydrogen-bond donors (Lipinski definition) is 0. The lowest BCUT2D eigenvalue weighted by atomic mass is 9.68. The molecule has 0 aromatic heterocycles. The molecule has 3 rings (SSSR count). The molecule has 2 aromatic rings. The maximum absolute atomic E-state index is 13.6. The molecular formula is C24H29F3. The van der Waals surface area contributed by atoms with Crippen LogP contribution in [-0.4, -0.2) is 0 Å². The number of benzene rings is 2. The van der Waals surface area contributed by atoms with Gasteiger partial charge in [-0.05, 0) is 78.3 Å². The van der Waals surface area contributed by atoms with E-state index in [-0.39, 0.29) is 0 Å². The fourth-order valence-electron chi connectivity index (χ4n) is 4.89. The molecule has 0 N–H and O–H groups in total. The Morgan fingerprint density at radius 2 is 1.63 bits per heavy atom. The largest absolute Gasteiger partial charge is 0.204 e. The van der Waals surface area contributed by atoms with Gasteiger partial charge in [-0.2, -0.15) is 0 Å². The van der Waals surface area contributed by atoms with Gasteiger partial charge in [0.25, 0.3) is 0 Å². The minimum absolute atomic E-state index is 0.375. The molecule has 1 fully saturated rings. The first kappa shape index (κ1) is 20.0. The van der Waals surface area contributed by atoms with E-state index in [1.54, 1.807) is 0 Å². The van der Waals surface area contributed by atoms with Crippen LogP contribution >= 0.6 is 0 Å². The van der Waals surface area contributed by atoms with Crippen molar-refractivity contribution in [3.8, 4) is 11.1 Å². The van der Waals surface area contributed by atoms with Gasteiger partial charge in [0.1, 0.15) is 0 Å². The smallest absolute Gasteiger partial charge is 0.194 e. The van der Waals surface area contributed by atoms with E-state index in [4.69, 9.17) is 0 Å². The normalized spacial score (nSPS) is 22.8. The first-order chi connectivity index (χ1) is 12.9. The third-order valence-electron chi connectivity index (χ3n) is 6.30. The molecule has 3 atom stereocenters. The van der Waals surface area contributed by atoms with E-state index in [0.717, 1.165) is 29.2 Å². The van der Waals surface area contributed by atoms with Crippen molar-refractivity contribution >= 4 is 0 Å². The van der Waals surface area contributed by atoms with Crippen LogP contribution in [0.15, 0.2) is 30.3 Å². The van der Waals surface area contributed by atoms with Crippen molar-refractivity contribution in [1.82, 2.24) is 0 Å². The van der Waals surface area contributed by atoms with E-state index in [9.17, 15) is 13.2 Å². The highest BCUT2D eigenvalue weighted by molar-refractivity contribution is 5.65. The quantitative estimate of drug-likeness (QED) is 0.469. The zero-order valence-electron chi connectivity index (χ0n) is 16.5. The fraction of sp³-hybridized carbons (Fsp3) is 0.500. The minimum atomic E-state index is -1.42. The number of aryl methyl sites for hydroxylation is 1. The summed E-state index contributed by atoms with van der Waals surface area (Å²) in [4.78, 5) is 0. The Hall–Kier alpha value is -1.77. The molecule has 146 valence electrons. The number of rotatable bonds is 5. The highest BCUT2D eigenvalue weighted by Crippen LogP contribution is 2.44. The Morgan fingerprint density at radius 3 is 2.22 bits per heavy atom. The van der Waals surface area contributed by atoms with Crippen molar-refractivity contribution in [3.63, 3.8) is 0 Å². The third-order valence-corrected chi connectivity index (χ3v) is 6.30. The molecule has 1 aliphatic rings. The summed E-state index contributed by atoms with van der Waals surface area (Å²) in [7, 11) is 0. The summed E-state index contributed by atoms with van der Waals surface area (Å²) in [6.07, 6.45) is 7.55. The van der Waals surface area contributed by atoms with Crippen LogP contribution in [0.25, 0.3) is 11.1 Å². The molecule has 0 amide bonds. The molecule has 0 radical (unpaired) electrons. The van der Waals surface area contributed by atoms with Gasteiger partial charge in [0.2, 0.25) is 0 Å². The van der Waals surface area contributed by atoms with Crippen LogP contribution < -0.4 is 0 Å². The van der Waals surface area contributed by atoms with Gasteiger partial charge in [0.15, 0.2) is 17.5 Å². The first-order valence-corrected chi connectivity index (χ1v) is 10.2. The molecule has 0 heterocycles. The van der Waals surface area contributed by atoms with Crippen LogP contribution in [0.3, 0.4) is 0 Å². The lowest BCUT2D eigenvalue weighted by Gasteiger charge is -2.37. The summed E-state index contributed by atoms with van der Waals surface area (Å²) in [5, 5.41) is 0. The van der Waals surface area contributed by atoms with E-state index in [0.29, 0.717) is 17.4 Å². The highest BCUT2D eigenvalue weighted by atomic mass is 19.2. The third kappa shape index (κ3) is 4.23. The lowest BCUT2D eigenvalue weighted by molar-refractivity contribution is 0.215. The molecule has 0 saturated heterocycles. The van der Waals surface area contributed by atoms with E-state index in [1.807, 2.05) is 12.1 Å². The molecule has 1 aliphatic carbocycles. The Morgan fingerprint density at radius 1 is 0.926 bits per heavy atom. The summed E-state index contributed by atoms with van der Waals surface area (Å²) in [6, 6.07) is 8.14. The topological polar surface area (TPSA) is 0 Å². The summed E-state index contributed by atoms with van der Waals surface area (Å²) in [6.45, 7) is 6.61. The maximum Gasteiger partial charge on any atom is 0.194 e. The molecule has 27 heavy (non-hydrogen) atoms. The van der Waals surface area contributed by atoms with Crippen molar-refractivity contribution < 1.29 is 13.2 Å².